The topological polar surface area (TPSA) is 0 Å². The first-order valence-corrected chi connectivity index (χ1v) is 7.07. The first kappa shape index (κ1) is 21.3. The fraction of sp³-hybridized carbons (Fsp3) is 0.143. The van der Waals surface area contributed by atoms with Gasteiger partial charge in [0.1, 0.15) is 0 Å². The number of benzene rings is 2. The molecule has 8 heteroatoms. The smallest absolute Gasteiger partial charge is 0.269 e. The maximum atomic E-state index is 11.8. The minimum absolute atomic E-state index is 0. The number of rotatable bonds is 0. The van der Waals surface area contributed by atoms with E-state index in [0.717, 1.165) is 12.1 Å². The summed E-state index contributed by atoms with van der Waals surface area (Å²) in [7, 11) is 0. The van der Waals surface area contributed by atoms with Gasteiger partial charge in [0, 0.05) is 10.6 Å². The SMILES string of the molecule is Clc1ccc(C(Cl)(Cl)Cl)cc1.F.FC(F)(F)c1ccccc1. The molecule has 0 aliphatic carbocycles. The van der Waals surface area contributed by atoms with Crippen molar-refractivity contribution in [3.63, 3.8) is 0 Å². The van der Waals surface area contributed by atoms with Crippen molar-refractivity contribution < 1.29 is 17.9 Å². The molecule has 0 spiro atoms. The Kier molecular flexibility index (Phi) is 8.55. The van der Waals surface area contributed by atoms with Crippen LogP contribution < -0.4 is 0 Å². The Morgan fingerprint density at radius 3 is 1.45 bits per heavy atom. The molecule has 2 aromatic carbocycles. The van der Waals surface area contributed by atoms with Gasteiger partial charge >= 0.3 is 6.18 Å². The van der Waals surface area contributed by atoms with Gasteiger partial charge in [-0.1, -0.05) is 88.9 Å². The van der Waals surface area contributed by atoms with E-state index >= 15 is 0 Å². The standard InChI is InChI=1S/C7H4Cl4.C7H5F3.FH/c8-6-3-1-5(2-4-6)7(9,10)11;8-7(9,10)6-4-2-1-3-5-6;/h1-4H;1-5H;1H. The van der Waals surface area contributed by atoms with Crippen LogP contribution in [0.25, 0.3) is 0 Å². The lowest BCUT2D eigenvalue weighted by atomic mass is 10.2. The zero-order valence-corrected chi connectivity index (χ0v) is 13.8. The minimum atomic E-state index is -4.21. The fourth-order valence-corrected chi connectivity index (χ4v) is 1.77. The summed E-state index contributed by atoms with van der Waals surface area (Å²) in [6, 6.07) is 13.1. The molecule has 0 saturated carbocycles. The van der Waals surface area contributed by atoms with Crippen molar-refractivity contribution in [3.8, 4) is 0 Å². The zero-order chi connectivity index (χ0) is 16.1. The molecule has 0 radical (unpaired) electrons. The molecule has 0 N–H and O–H groups in total. The van der Waals surface area contributed by atoms with Crippen LogP contribution in [0.2, 0.25) is 5.02 Å². The van der Waals surface area contributed by atoms with Crippen molar-refractivity contribution in [2.24, 2.45) is 0 Å². The third-order valence-electron chi connectivity index (χ3n) is 2.27. The second-order valence-electron chi connectivity index (χ2n) is 3.87. The van der Waals surface area contributed by atoms with Crippen molar-refractivity contribution in [2.45, 2.75) is 9.97 Å². The Balaban J connectivity index is 0.000000385. The van der Waals surface area contributed by atoms with E-state index in [1.807, 2.05) is 0 Å². The van der Waals surface area contributed by atoms with Crippen LogP contribution in [-0.4, -0.2) is 0 Å². The monoisotopic (exact) mass is 394 g/mol. The van der Waals surface area contributed by atoms with Gasteiger partial charge in [0.2, 0.25) is 3.79 Å². The first-order valence-electron chi connectivity index (χ1n) is 5.55. The van der Waals surface area contributed by atoms with E-state index in [2.05, 4.69) is 0 Å². The highest BCUT2D eigenvalue weighted by atomic mass is 35.6. The van der Waals surface area contributed by atoms with E-state index in [4.69, 9.17) is 46.4 Å². The van der Waals surface area contributed by atoms with Crippen molar-refractivity contribution in [2.75, 3.05) is 0 Å². The summed E-state index contributed by atoms with van der Waals surface area (Å²) < 4.78 is 34.0. The minimum Gasteiger partial charge on any atom is -0.269 e. The van der Waals surface area contributed by atoms with Gasteiger partial charge in [0.25, 0.3) is 0 Å². The maximum Gasteiger partial charge on any atom is 0.416 e. The van der Waals surface area contributed by atoms with Gasteiger partial charge < -0.3 is 0 Å². The second kappa shape index (κ2) is 8.82. The van der Waals surface area contributed by atoms with Gasteiger partial charge in [-0.05, 0) is 12.1 Å². The highest BCUT2D eigenvalue weighted by Gasteiger charge is 2.29. The molecular weight excluding hydrogens is 386 g/mol. The summed E-state index contributed by atoms with van der Waals surface area (Å²) in [5, 5.41) is 0.628. The van der Waals surface area contributed by atoms with Crippen LogP contribution in [0.15, 0.2) is 54.6 Å². The highest BCUT2D eigenvalue weighted by molar-refractivity contribution is 6.66. The predicted octanol–water partition coefficient (Wildman–Crippen LogP) is 7.02. The van der Waals surface area contributed by atoms with Gasteiger partial charge in [-0.2, -0.15) is 13.2 Å². The summed E-state index contributed by atoms with van der Waals surface area (Å²) in [6.45, 7) is 0. The third-order valence-corrected chi connectivity index (χ3v) is 3.18. The van der Waals surface area contributed by atoms with Crippen molar-refractivity contribution in [3.05, 3.63) is 70.7 Å². The predicted molar refractivity (Wildman–Crippen MR) is 84.6 cm³/mol. The molecule has 0 nitrogen and oxygen atoms in total. The van der Waals surface area contributed by atoms with Crippen LogP contribution >= 0.6 is 46.4 Å². The third kappa shape index (κ3) is 7.54. The molecule has 0 fully saturated rings. The molecule has 2 rings (SSSR count). The van der Waals surface area contributed by atoms with Crippen LogP contribution in [0.5, 0.6) is 0 Å². The van der Waals surface area contributed by atoms with Gasteiger partial charge in [0.15, 0.2) is 0 Å². The molecule has 0 aliphatic rings. The molecule has 0 amide bonds. The van der Waals surface area contributed by atoms with Gasteiger partial charge in [-0.25, -0.2) is 0 Å². The lowest BCUT2D eigenvalue weighted by Crippen LogP contribution is -2.03. The van der Waals surface area contributed by atoms with Crippen molar-refractivity contribution >= 4 is 46.4 Å². The Labute approximate surface area is 145 Å². The van der Waals surface area contributed by atoms with Gasteiger partial charge in [-0.15, -0.1) is 0 Å². The number of halogens is 8. The molecule has 122 valence electrons. The quantitative estimate of drug-likeness (QED) is 0.332. The van der Waals surface area contributed by atoms with E-state index in [9.17, 15) is 13.2 Å². The molecule has 0 unspecified atom stereocenters. The van der Waals surface area contributed by atoms with Crippen LogP contribution in [0, 0.1) is 0 Å². The molecule has 0 heterocycles. The second-order valence-corrected chi connectivity index (χ2v) is 6.59. The van der Waals surface area contributed by atoms with Gasteiger partial charge in [0.05, 0.1) is 5.56 Å². The summed E-state index contributed by atoms with van der Waals surface area (Å²) in [5.41, 5.74) is 0.0156. The van der Waals surface area contributed by atoms with Crippen LogP contribution in [0.3, 0.4) is 0 Å². The van der Waals surface area contributed by atoms with Crippen molar-refractivity contribution in [1.82, 2.24) is 0 Å². The highest BCUT2D eigenvalue weighted by Crippen LogP contribution is 2.38. The number of alkyl halides is 6. The van der Waals surface area contributed by atoms with E-state index in [-0.39, 0.29) is 4.70 Å². The van der Waals surface area contributed by atoms with E-state index in [1.54, 1.807) is 30.3 Å². The summed E-state index contributed by atoms with van der Waals surface area (Å²) in [4.78, 5) is 0. The summed E-state index contributed by atoms with van der Waals surface area (Å²) in [6.07, 6.45) is -4.21. The van der Waals surface area contributed by atoms with Crippen LogP contribution in [-0.2, 0) is 9.97 Å². The molecule has 0 saturated heterocycles. The first-order chi connectivity index (χ1) is 9.60. The van der Waals surface area contributed by atoms with Gasteiger partial charge in [-0.3, -0.25) is 4.70 Å². The summed E-state index contributed by atoms with van der Waals surface area (Å²) in [5.74, 6) is 0. The summed E-state index contributed by atoms with van der Waals surface area (Å²) >= 11 is 22.4. The molecule has 0 aliphatic heterocycles. The molecular formula is C14H10Cl4F4. The average Bonchev–Trinajstić information content (AvgIpc) is 2.39. The number of hydrogen-bond donors (Lipinski definition) is 0. The molecule has 22 heavy (non-hydrogen) atoms. The Morgan fingerprint density at radius 1 is 0.682 bits per heavy atom. The molecule has 0 bridgehead atoms. The van der Waals surface area contributed by atoms with E-state index in [1.165, 1.54) is 12.1 Å². The van der Waals surface area contributed by atoms with Crippen LogP contribution in [0.1, 0.15) is 11.1 Å². The largest absolute Gasteiger partial charge is 0.416 e. The molecule has 0 atom stereocenters. The lowest BCUT2D eigenvalue weighted by Gasteiger charge is -2.09. The molecule has 0 aromatic heterocycles. The Hall–Kier alpha value is -0.680. The molecule has 2 aromatic rings. The van der Waals surface area contributed by atoms with E-state index < -0.39 is 15.5 Å². The fourth-order valence-electron chi connectivity index (χ4n) is 1.27. The zero-order valence-electron chi connectivity index (χ0n) is 10.8. The number of hydrogen-bond acceptors (Lipinski definition) is 0. The van der Waals surface area contributed by atoms with E-state index in [0.29, 0.717) is 10.6 Å². The van der Waals surface area contributed by atoms with Crippen LogP contribution in [0.4, 0.5) is 17.9 Å². The lowest BCUT2D eigenvalue weighted by molar-refractivity contribution is -0.137. The Bertz CT molecular complexity index is 548. The Morgan fingerprint density at radius 2 is 1.14 bits per heavy atom. The average molecular weight is 396 g/mol. The normalized spacial score (nSPS) is 11.0. The van der Waals surface area contributed by atoms with Crippen molar-refractivity contribution in [1.29, 1.82) is 0 Å². The maximum absolute atomic E-state index is 11.8.